The van der Waals surface area contributed by atoms with Crippen LogP contribution in [0.2, 0.25) is 0 Å². The van der Waals surface area contributed by atoms with Gasteiger partial charge >= 0.3 is 0 Å². The molecule has 1 unspecified atom stereocenters. The van der Waals surface area contributed by atoms with Crippen LogP contribution in [0, 0.1) is 6.92 Å². The first-order chi connectivity index (χ1) is 14.3. The van der Waals surface area contributed by atoms with E-state index in [4.69, 9.17) is 4.74 Å². The lowest BCUT2D eigenvalue weighted by atomic mass is 10.1. The van der Waals surface area contributed by atoms with Gasteiger partial charge in [0.2, 0.25) is 5.13 Å². The van der Waals surface area contributed by atoms with Crippen molar-refractivity contribution in [3.8, 4) is 10.4 Å². The van der Waals surface area contributed by atoms with E-state index < -0.39 is 0 Å². The summed E-state index contributed by atoms with van der Waals surface area (Å²) in [5.41, 5.74) is 2.42. The molecule has 3 aromatic heterocycles. The molecule has 4 aromatic rings. The first kappa shape index (κ1) is 18.9. The standard InChI is InChI=1S/C20H19N5OS3/c1-12-15-17(27-16(12)13-6-3-2-4-7-13)22-11-23-18(15)28-20-25-24-19(29-20)21-10-14-8-5-9-26-14/h2-4,6-7,11,14H,5,8-10H2,1H3,(H,21,24). The van der Waals surface area contributed by atoms with Gasteiger partial charge in [-0.1, -0.05) is 41.7 Å². The smallest absolute Gasteiger partial charge is 0.206 e. The Morgan fingerprint density at radius 1 is 1.17 bits per heavy atom. The van der Waals surface area contributed by atoms with Gasteiger partial charge in [-0.2, -0.15) is 0 Å². The molecular weight excluding hydrogens is 422 g/mol. The molecule has 29 heavy (non-hydrogen) atoms. The van der Waals surface area contributed by atoms with Crippen LogP contribution in [0.1, 0.15) is 18.4 Å². The van der Waals surface area contributed by atoms with Crippen LogP contribution < -0.4 is 5.32 Å². The molecule has 6 nitrogen and oxygen atoms in total. The number of ether oxygens (including phenoxy) is 1. The van der Waals surface area contributed by atoms with E-state index in [0.717, 1.165) is 50.7 Å². The number of hydrogen-bond acceptors (Lipinski definition) is 9. The number of nitrogens with one attached hydrogen (secondary N) is 1. The van der Waals surface area contributed by atoms with Crippen LogP contribution in [0.5, 0.6) is 0 Å². The van der Waals surface area contributed by atoms with Crippen LogP contribution in [0.15, 0.2) is 46.0 Å². The fraction of sp³-hybridized carbons (Fsp3) is 0.300. The predicted molar refractivity (Wildman–Crippen MR) is 119 cm³/mol. The van der Waals surface area contributed by atoms with E-state index in [1.165, 1.54) is 16.0 Å². The zero-order valence-electron chi connectivity index (χ0n) is 15.8. The van der Waals surface area contributed by atoms with Crippen LogP contribution in [0.25, 0.3) is 20.7 Å². The zero-order valence-corrected chi connectivity index (χ0v) is 18.2. The van der Waals surface area contributed by atoms with Crippen LogP contribution >= 0.6 is 34.4 Å². The molecule has 1 saturated heterocycles. The summed E-state index contributed by atoms with van der Waals surface area (Å²) < 4.78 is 6.52. The molecule has 0 amide bonds. The normalized spacial score (nSPS) is 16.5. The van der Waals surface area contributed by atoms with Crippen molar-refractivity contribution in [2.45, 2.75) is 35.2 Å². The highest BCUT2D eigenvalue weighted by molar-refractivity contribution is 8.01. The summed E-state index contributed by atoms with van der Waals surface area (Å²) in [5, 5.41) is 14.8. The van der Waals surface area contributed by atoms with E-state index in [1.807, 2.05) is 6.07 Å². The average Bonchev–Trinajstić information content (AvgIpc) is 3.48. The lowest BCUT2D eigenvalue weighted by Crippen LogP contribution is -2.18. The van der Waals surface area contributed by atoms with Crippen LogP contribution in [-0.4, -0.2) is 39.4 Å². The lowest BCUT2D eigenvalue weighted by Gasteiger charge is -2.08. The molecule has 148 valence electrons. The van der Waals surface area contributed by atoms with Gasteiger partial charge in [0.15, 0.2) is 4.34 Å². The Bertz CT molecular complexity index is 1120. The van der Waals surface area contributed by atoms with Crippen molar-refractivity contribution in [3.05, 3.63) is 42.2 Å². The minimum Gasteiger partial charge on any atom is -0.376 e. The van der Waals surface area contributed by atoms with Gasteiger partial charge in [-0.25, -0.2) is 9.97 Å². The van der Waals surface area contributed by atoms with E-state index in [0.29, 0.717) is 0 Å². The molecule has 1 aromatic carbocycles. The van der Waals surface area contributed by atoms with Crippen molar-refractivity contribution in [2.75, 3.05) is 18.5 Å². The van der Waals surface area contributed by atoms with Gasteiger partial charge in [0, 0.05) is 23.4 Å². The Balaban J connectivity index is 1.39. The highest BCUT2D eigenvalue weighted by Crippen LogP contribution is 2.42. The zero-order chi connectivity index (χ0) is 19.6. The highest BCUT2D eigenvalue weighted by atomic mass is 32.2. The van der Waals surface area contributed by atoms with Crippen molar-refractivity contribution in [1.82, 2.24) is 20.2 Å². The van der Waals surface area contributed by atoms with Crippen molar-refractivity contribution in [3.63, 3.8) is 0 Å². The minimum absolute atomic E-state index is 0.279. The van der Waals surface area contributed by atoms with Gasteiger partial charge in [0.1, 0.15) is 16.2 Å². The summed E-state index contributed by atoms with van der Waals surface area (Å²) in [5.74, 6) is 0. The summed E-state index contributed by atoms with van der Waals surface area (Å²) in [6, 6.07) is 10.4. The molecule has 0 aliphatic carbocycles. The molecule has 0 bridgehead atoms. The molecule has 0 spiro atoms. The monoisotopic (exact) mass is 441 g/mol. The van der Waals surface area contributed by atoms with Crippen molar-refractivity contribution >= 4 is 49.8 Å². The number of aryl methyl sites for hydroxylation is 1. The number of fused-ring (bicyclic) bond motifs is 1. The molecule has 1 fully saturated rings. The Kier molecular flexibility index (Phi) is 5.45. The van der Waals surface area contributed by atoms with E-state index in [1.54, 1.807) is 40.8 Å². The van der Waals surface area contributed by atoms with Crippen LogP contribution in [0.3, 0.4) is 0 Å². The van der Waals surface area contributed by atoms with Gasteiger partial charge in [-0.15, -0.1) is 21.5 Å². The van der Waals surface area contributed by atoms with E-state index >= 15 is 0 Å². The first-order valence-corrected chi connectivity index (χ1v) is 11.9. The fourth-order valence-electron chi connectivity index (χ4n) is 3.39. The summed E-state index contributed by atoms with van der Waals surface area (Å²) in [6.45, 7) is 3.78. The summed E-state index contributed by atoms with van der Waals surface area (Å²) in [4.78, 5) is 11.3. The van der Waals surface area contributed by atoms with E-state index in [9.17, 15) is 0 Å². The topological polar surface area (TPSA) is 72.8 Å². The Hall–Kier alpha value is -2.07. The van der Waals surface area contributed by atoms with Crippen molar-refractivity contribution in [1.29, 1.82) is 0 Å². The molecular formula is C20H19N5OS3. The maximum absolute atomic E-state index is 5.65. The quantitative estimate of drug-likeness (QED) is 0.409. The second-order valence-electron chi connectivity index (χ2n) is 6.77. The third-order valence-electron chi connectivity index (χ3n) is 4.82. The Morgan fingerprint density at radius 2 is 2.07 bits per heavy atom. The number of nitrogens with zero attached hydrogens (tertiary/aromatic N) is 4. The number of thiophene rings is 1. The number of anilines is 1. The number of rotatable bonds is 6. The second kappa shape index (κ2) is 8.35. The maximum Gasteiger partial charge on any atom is 0.206 e. The van der Waals surface area contributed by atoms with Crippen LogP contribution in [-0.2, 0) is 4.74 Å². The summed E-state index contributed by atoms with van der Waals surface area (Å²) in [7, 11) is 0. The van der Waals surface area contributed by atoms with Crippen LogP contribution in [0.4, 0.5) is 5.13 Å². The maximum atomic E-state index is 5.65. The number of hydrogen-bond donors (Lipinski definition) is 1. The molecule has 1 aliphatic rings. The molecule has 1 atom stereocenters. The average molecular weight is 442 g/mol. The molecule has 5 rings (SSSR count). The minimum atomic E-state index is 0.279. The second-order valence-corrected chi connectivity index (χ2v) is 9.98. The van der Waals surface area contributed by atoms with Crippen molar-refractivity contribution in [2.24, 2.45) is 0 Å². The molecule has 4 heterocycles. The fourth-order valence-corrected chi connectivity index (χ4v) is 6.44. The lowest BCUT2D eigenvalue weighted by molar-refractivity contribution is 0.120. The molecule has 0 radical (unpaired) electrons. The third-order valence-corrected chi connectivity index (χ3v) is 8.01. The van der Waals surface area contributed by atoms with E-state index in [2.05, 4.69) is 56.7 Å². The molecule has 1 N–H and O–H groups in total. The molecule has 9 heteroatoms. The highest BCUT2D eigenvalue weighted by Gasteiger charge is 2.19. The molecule has 0 saturated carbocycles. The Morgan fingerprint density at radius 3 is 2.90 bits per heavy atom. The van der Waals surface area contributed by atoms with Gasteiger partial charge in [0.25, 0.3) is 0 Å². The largest absolute Gasteiger partial charge is 0.376 e. The number of benzene rings is 1. The van der Waals surface area contributed by atoms with Gasteiger partial charge in [0.05, 0.1) is 6.10 Å². The number of aromatic nitrogens is 4. The third kappa shape index (κ3) is 4.00. The summed E-state index contributed by atoms with van der Waals surface area (Å²) >= 11 is 4.80. The first-order valence-electron chi connectivity index (χ1n) is 9.44. The molecule has 1 aliphatic heterocycles. The van der Waals surface area contributed by atoms with Gasteiger partial charge in [-0.3, -0.25) is 0 Å². The van der Waals surface area contributed by atoms with E-state index in [-0.39, 0.29) is 6.10 Å². The van der Waals surface area contributed by atoms with Crippen molar-refractivity contribution < 1.29 is 4.74 Å². The van der Waals surface area contributed by atoms with Gasteiger partial charge < -0.3 is 10.1 Å². The predicted octanol–water partition coefficient (Wildman–Crippen LogP) is 5.26. The summed E-state index contributed by atoms with van der Waals surface area (Å²) in [6.07, 6.45) is 4.15. The van der Waals surface area contributed by atoms with Gasteiger partial charge in [-0.05, 0) is 42.7 Å². The SMILES string of the molecule is Cc1c(-c2ccccc2)sc2ncnc(Sc3nnc(NCC4CCCO4)s3)c12. The Labute approximate surface area is 180 Å².